The molecule has 0 fully saturated rings. The molecule has 44 valence electrons. The number of hydrogen-bond acceptors (Lipinski definition) is 3. The van der Waals surface area contributed by atoms with E-state index in [0.29, 0.717) is 5.89 Å². The van der Waals surface area contributed by atoms with Crippen LogP contribution in [0.1, 0.15) is 5.89 Å². The molecular formula is C3H3ClN2OS. The van der Waals surface area contributed by atoms with Crippen molar-refractivity contribution in [1.82, 2.24) is 10.2 Å². The topological polar surface area (TPSA) is 41.8 Å². The molecule has 0 radical (unpaired) electrons. The van der Waals surface area contributed by atoms with Crippen molar-refractivity contribution in [2.75, 3.05) is 0 Å². The van der Waals surface area contributed by atoms with Crippen LogP contribution in [-0.4, -0.2) is 10.2 Å². The summed E-state index contributed by atoms with van der Waals surface area (Å²) in [5.74, 6) is 0.685. The summed E-state index contributed by atoms with van der Waals surface area (Å²) in [5, 5.41) is 6.04. The van der Waals surface area contributed by atoms with Gasteiger partial charge in [0.1, 0.15) is 5.88 Å². The van der Waals surface area contributed by atoms with Crippen LogP contribution < -0.4 is 0 Å². The summed E-state index contributed by atoms with van der Waals surface area (Å²) in [5.41, 5.74) is 0. The van der Waals surface area contributed by atoms with Crippen LogP contribution >= 0.6 is 23.8 Å². The van der Waals surface area contributed by atoms with E-state index in [4.69, 9.17) is 16.0 Å². The van der Waals surface area contributed by atoms with Crippen LogP contribution in [0.5, 0.6) is 0 Å². The molecule has 1 rings (SSSR count). The number of hydrogen-bond donors (Lipinski definition) is 1. The Morgan fingerprint density at radius 3 is 2.88 bits per heavy atom. The molecule has 1 aromatic rings. The third kappa shape index (κ3) is 1.08. The van der Waals surface area contributed by atoms with Crippen molar-refractivity contribution in [3.8, 4) is 0 Å². The first-order valence-corrected chi connectivity index (χ1v) is 2.87. The maximum absolute atomic E-state index is 5.32. The molecule has 0 spiro atoms. The number of H-pyrrole nitrogens is 1. The lowest BCUT2D eigenvalue weighted by molar-refractivity contribution is 0.499. The number of alkyl halides is 1. The fourth-order valence-corrected chi connectivity index (χ4v) is 0.574. The highest BCUT2D eigenvalue weighted by atomic mass is 35.5. The fraction of sp³-hybridized carbons (Fsp3) is 0.333. The van der Waals surface area contributed by atoms with E-state index >= 15 is 0 Å². The molecule has 0 aliphatic carbocycles. The zero-order chi connectivity index (χ0) is 5.98. The van der Waals surface area contributed by atoms with E-state index in [1.165, 1.54) is 0 Å². The summed E-state index contributed by atoms with van der Waals surface area (Å²) in [7, 11) is 0. The van der Waals surface area contributed by atoms with E-state index in [9.17, 15) is 0 Å². The zero-order valence-corrected chi connectivity index (χ0v) is 5.42. The number of nitrogens with zero attached hydrogens (tertiary/aromatic N) is 1. The Kier molecular flexibility index (Phi) is 1.65. The predicted octanol–water partition coefficient (Wildman–Crippen LogP) is 1.47. The van der Waals surface area contributed by atoms with Gasteiger partial charge in [-0.1, -0.05) is 0 Å². The maximum atomic E-state index is 5.32. The van der Waals surface area contributed by atoms with Crippen LogP contribution in [0.3, 0.4) is 0 Å². The number of aromatic amines is 1. The van der Waals surface area contributed by atoms with Gasteiger partial charge in [0, 0.05) is 0 Å². The van der Waals surface area contributed by atoms with Crippen molar-refractivity contribution in [1.29, 1.82) is 0 Å². The number of rotatable bonds is 1. The monoisotopic (exact) mass is 150 g/mol. The fourth-order valence-electron chi connectivity index (χ4n) is 0.318. The van der Waals surface area contributed by atoms with Crippen LogP contribution in [0, 0.1) is 4.84 Å². The lowest BCUT2D eigenvalue weighted by atomic mass is 10.8. The number of nitrogens with one attached hydrogen (secondary N) is 1. The van der Waals surface area contributed by atoms with E-state index < -0.39 is 0 Å². The molecule has 1 aromatic heterocycles. The van der Waals surface area contributed by atoms with Crippen molar-refractivity contribution in [2.45, 2.75) is 5.88 Å². The van der Waals surface area contributed by atoms with Crippen LogP contribution in [0.4, 0.5) is 0 Å². The van der Waals surface area contributed by atoms with Gasteiger partial charge in [0.2, 0.25) is 5.89 Å². The number of halogens is 1. The highest BCUT2D eigenvalue weighted by molar-refractivity contribution is 7.71. The van der Waals surface area contributed by atoms with Crippen LogP contribution in [0.25, 0.3) is 0 Å². The van der Waals surface area contributed by atoms with Gasteiger partial charge in [-0.2, -0.15) is 0 Å². The third-order valence-electron chi connectivity index (χ3n) is 0.597. The Bertz CT molecular complexity index is 217. The molecule has 0 aliphatic rings. The van der Waals surface area contributed by atoms with Crippen LogP contribution in [0.2, 0.25) is 0 Å². The SMILES string of the molecule is S=c1[nH]nc(CCl)o1. The van der Waals surface area contributed by atoms with E-state index in [-0.39, 0.29) is 10.7 Å². The van der Waals surface area contributed by atoms with Gasteiger partial charge in [0.05, 0.1) is 0 Å². The van der Waals surface area contributed by atoms with Crippen molar-refractivity contribution in [3.63, 3.8) is 0 Å². The zero-order valence-electron chi connectivity index (χ0n) is 3.85. The number of aromatic nitrogens is 2. The first-order chi connectivity index (χ1) is 3.83. The molecule has 0 aromatic carbocycles. The minimum Gasteiger partial charge on any atom is -0.413 e. The molecule has 3 nitrogen and oxygen atoms in total. The average molecular weight is 151 g/mol. The highest BCUT2D eigenvalue weighted by Gasteiger charge is 1.92. The van der Waals surface area contributed by atoms with Gasteiger partial charge in [0.25, 0.3) is 4.84 Å². The molecule has 5 heteroatoms. The smallest absolute Gasteiger partial charge is 0.284 e. The van der Waals surface area contributed by atoms with Crippen LogP contribution in [-0.2, 0) is 5.88 Å². The van der Waals surface area contributed by atoms with Gasteiger partial charge in [0.15, 0.2) is 0 Å². The Morgan fingerprint density at radius 2 is 2.62 bits per heavy atom. The molecular weight excluding hydrogens is 148 g/mol. The highest BCUT2D eigenvalue weighted by Crippen LogP contribution is 1.96. The van der Waals surface area contributed by atoms with E-state index in [0.717, 1.165) is 0 Å². The molecule has 0 atom stereocenters. The first kappa shape index (κ1) is 5.78. The standard InChI is InChI=1S/C3H3ClN2OS/c4-1-2-5-6-3(8)7-2/h1H2,(H,6,8). The molecule has 1 heterocycles. The maximum Gasteiger partial charge on any atom is 0.284 e. The Morgan fingerprint density at radius 1 is 1.88 bits per heavy atom. The minimum absolute atomic E-state index is 0.257. The van der Waals surface area contributed by atoms with E-state index in [2.05, 4.69) is 22.4 Å². The Balaban J connectivity index is 3.01. The molecule has 0 saturated carbocycles. The van der Waals surface area contributed by atoms with Crippen molar-refractivity contribution in [2.24, 2.45) is 0 Å². The quantitative estimate of drug-likeness (QED) is 0.487. The molecule has 1 N–H and O–H groups in total. The largest absolute Gasteiger partial charge is 0.413 e. The molecule has 0 saturated heterocycles. The molecule has 8 heavy (non-hydrogen) atoms. The second kappa shape index (κ2) is 2.28. The summed E-state index contributed by atoms with van der Waals surface area (Å²) in [4.78, 5) is 0.264. The predicted molar refractivity (Wildman–Crippen MR) is 31.2 cm³/mol. The van der Waals surface area contributed by atoms with Crippen molar-refractivity contribution < 1.29 is 4.42 Å². The Hall–Kier alpha value is -0.350. The molecule has 0 aliphatic heterocycles. The van der Waals surface area contributed by atoms with Gasteiger partial charge in [-0.15, -0.1) is 16.7 Å². The Labute approximate surface area is 55.7 Å². The minimum atomic E-state index is 0.257. The van der Waals surface area contributed by atoms with Crippen molar-refractivity contribution >= 4 is 23.8 Å². The second-order valence-corrected chi connectivity index (χ2v) is 1.78. The van der Waals surface area contributed by atoms with Crippen molar-refractivity contribution in [3.05, 3.63) is 10.7 Å². The molecule has 0 bridgehead atoms. The third-order valence-corrected chi connectivity index (χ3v) is 1.000. The van der Waals surface area contributed by atoms with Gasteiger partial charge in [-0.25, -0.2) is 5.10 Å². The molecule has 0 amide bonds. The summed E-state index contributed by atoms with van der Waals surface area (Å²) in [6, 6.07) is 0. The van der Waals surface area contributed by atoms with E-state index in [1.807, 2.05) is 0 Å². The van der Waals surface area contributed by atoms with Crippen LogP contribution in [0.15, 0.2) is 4.42 Å². The normalized spacial score (nSPS) is 9.62. The summed E-state index contributed by atoms with van der Waals surface area (Å²) >= 11 is 9.87. The summed E-state index contributed by atoms with van der Waals surface area (Å²) in [6.45, 7) is 0. The molecule has 0 unspecified atom stereocenters. The summed E-state index contributed by atoms with van der Waals surface area (Å²) < 4.78 is 4.75. The van der Waals surface area contributed by atoms with Gasteiger partial charge in [-0.3, -0.25) is 0 Å². The second-order valence-electron chi connectivity index (χ2n) is 1.14. The average Bonchev–Trinajstić information content (AvgIpc) is 2.14. The lowest BCUT2D eigenvalue weighted by Gasteiger charge is -1.73. The van der Waals surface area contributed by atoms with Gasteiger partial charge < -0.3 is 4.42 Å². The van der Waals surface area contributed by atoms with E-state index in [1.54, 1.807) is 0 Å². The van der Waals surface area contributed by atoms with Gasteiger partial charge in [-0.05, 0) is 12.2 Å². The summed E-state index contributed by atoms with van der Waals surface area (Å²) in [6.07, 6.45) is 0. The first-order valence-electron chi connectivity index (χ1n) is 1.93. The van der Waals surface area contributed by atoms with Gasteiger partial charge >= 0.3 is 0 Å². The lowest BCUT2D eigenvalue weighted by Crippen LogP contribution is -1.73.